The van der Waals surface area contributed by atoms with E-state index in [4.69, 9.17) is 16.3 Å². The monoisotopic (exact) mass is 370 g/mol. The van der Waals surface area contributed by atoms with E-state index in [1.54, 1.807) is 48.1 Å². The molecule has 0 unspecified atom stereocenters. The van der Waals surface area contributed by atoms with Gasteiger partial charge in [0.2, 0.25) is 0 Å². The van der Waals surface area contributed by atoms with Crippen LogP contribution in [0.25, 0.3) is 0 Å². The zero-order valence-corrected chi connectivity index (χ0v) is 13.4. The minimum Gasteiger partial charge on any atom is -0.482 e. The van der Waals surface area contributed by atoms with E-state index in [9.17, 15) is 9.59 Å². The lowest BCUT2D eigenvalue weighted by Crippen LogP contribution is -2.35. The first-order valence-corrected chi connectivity index (χ1v) is 7.18. The van der Waals surface area contributed by atoms with Crippen molar-refractivity contribution < 1.29 is 14.3 Å². The second-order valence-electron chi connectivity index (χ2n) is 4.25. The molecule has 5 nitrogen and oxygen atoms in total. The van der Waals surface area contributed by atoms with Gasteiger partial charge in [-0.25, -0.2) is 0 Å². The summed E-state index contributed by atoms with van der Waals surface area (Å²) < 4.78 is 7.71. The standard InChI is InChI=1S/C14H12BrClN2O3/c1-18-6-2-3-11(18)14(20)17-13(19)8-21-12-5-4-9(15)7-10(12)16/h2-7H,8H2,1H3,(H,17,19,20). The van der Waals surface area contributed by atoms with Gasteiger partial charge in [-0.15, -0.1) is 0 Å². The first kappa shape index (κ1) is 15.6. The largest absolute Gasteiger partial charge is 0.482 e. The maximum atomic E-state index is 11.8. The third kappa shape index (κ3) is 4.09. The summed E-state index contributed by atoms with van der Waals surface area (Å²) in [5, 5.41) is 2.63. The van der Waals surface area contributed by atoms with Crippen LogP contribution >= 0.6 is 27.5 Å². The van der Waals surface area contributed by atoms with E-state index >= 15 is 0 Å². The topological polar surface area (TPSA) is 60.3 Å². The molecule has 0 aliphatic rings. The van der Waals surface area contributed by atoms with E-state index in [0.717, 1.165) is 4.47 Å². The number of hydrogen-bond donors (Lipinski definition) is 1. The van der Waals surface area contributed by atoms with Gasteiger partial charge in [-0.2, -0.15) is 0 Å². The fourth-order valence-electron chi connectivity index (χ4n) is 1.66. The second-order valence-corrected chi connectivity index (χ2v) is 5.57. The molecule has 0 aliphatic carbocycles. The molecular formula is C14H12BrClN2O3. The molecule has 0 bridgehead atoms. The highest BCUT2D eigenvalue weighted by Gasteiger charge is 2.13. The first-order valence-electron chi connectivity index (χ1n) is 6.00. The Labute approximate surface area is 135 Å². The van der Waals surface area contributed by atoms with Crippen LogP contribution < -0.4 is 10.1 Å². The van der Waals surface area contributed by atoms with Crippen molar-refractivity contribution in [2.24, 2.45) is 7.05 Å². The van der Waals surface area contributed by atoms with E-state index in [1.165, 1.54) is 0 Å². The molecule has 0 spiro atoms. The molecule has 21 heavy (non-hydrogen) atoms. The average Bonchev–Trinajstić information content (AvgIpc) is 2.84. The summed E-state index contributed by atoms with van der Waals surface area (Å²) in [7, 11) is 1.72. The molecule has 7 heteroatoms. The molecule has 1 heterocycles. The third-order valence-electron chi connectivity index (χ3n) is 2.68. The van der Waals surface area contributed by atoms with Gasteiger partial charge in [0, 0.05) is 17.7 Å². The van der Waals surface area contributed by atoms with Crippen LogP contribution in [0.15, 0.2) is 41.0 Å². The zero-order valence-electron chi connectivity index (χ0n) is 11.1. The number of hydrogen-bond acceptors (Lipinski definition) is 3. The van der Waals surface area contributed by atoms with Crippen LogP contribution in [-0.2, 0) is 11.8 Å². The van der Waals surface area contributed by atoms with Gasteiger partial charge < -0.3 is 9.30 Å². The van der Waals surface area contributed by atoms with Crippen LogP contribution in [0.4, 0.5) is 0 Å². The van der Waals surface area contributed by atoms with Crippen molar-refractivity contribution in [3.63, 3.8) is 0 Å². The van der Waals surface area contributed by atoms with Gasteiger partial charge in [0.1, 0.15) is 11.4 Å². The van der Waals surface area contributed by atoms with Crippen molar-refractivity contribution >= 4 is 39.3 Å². The van der Waals surface area contributed by atoms with Crippen LogP contribution in [0.1, 0.15) is 10.5 Å². The van der Waals surface area contributed by atoms with Gasteiger partial charge in [0.05, 0.1) is 5.02 Å². The summed E-state index contributed by atoms with van der Waals surface area (Å²) in [4.78, 5) is 23.5. The van der Waals surface area contributed by atoms with Crippen molar-refractivity contribution in [3.8, 4) is 5.75 Å². The number of rotatable bonds is 4. The van der Waals surface area contributed by atoms with E-state index < -0.39 is 11.8 Å². The van der Waals surface area contributed by atoms with Gasteiger partial charge in [-0.3, -0.25) is 14.9 Å². The van der Waals surface area contributed by atoms with E-state index in [1.807, 2.05) is 0 Å². The molecule has 2 rings (SSSR count). The van der Waals surface area contributed by atoms with Gasteiger partial charge in [0.25, 0.3) is 11.8 Å². The molecule has 0 radical (unpaired) electrons. The van der Waals surface area contributed by atoms with Crippen molar-refractivity contribution in [1.29, 1.82) is 0 Å². The molecule has 0 saturated carbocycles. The number of aromatic nitrogens is 1. The molecule has 0 fully saturated rings. The summed E-state index contributed by atoms with van der Waals surface area (Å²) in [6.45, 7) is -0.294. The molecule has 2 amide bonds. The van der Waals surface area contributed by atoms with Crippen LogP contribution in [-0.4, -0.2) is 23.0 Å². The maximum Gasteiger partial charge on any atom is 0.274 e. The Morgan fingerprint density at radius 3 is 2.76 bits per heavy atom. The summed E-state index contributed by atoms with van der Waals surface area (Å²) >= 11 is 9.24. The Morgan fingerprint density at radius 1 is 1.38 bits per heavy atom. The molecule has 1 aromatic carbocycles. The minimum atomic E-state index is -0.541. The number of ether oxygens (including phenoxy) is 1. The number of carbonyl (C=O) groups excluding carboxylic acids is 2. The number of halogens is 2. The molecule has 0 atom stereocenters. The molecule has 110 valence electrons. The lowest BCUT2D eigenvalue weighted by atomic mass is 10.3. The number of aryl methyl sites for hydroxylation is 1. The van der Waals surface area contributed by atoms with Gasteiger partial charge in [-0.1, -0.05) is 27.5 Å². The van der Waals surface area contributed by atoms with Crippen LogP contribution in [0, 0.1) is 0 Å². The number of imide groups is 1. The van der Waals surface area contributed by atoms with Gasteiger partial charge in [-0.05, 0) is 30.3 Å². The molecule has 2 aromatic rings. The van der Waals surface area contributed by atoms with Crippen molar-refractivity contribution in [2.75, 3.05) is 6.61 Å². The van der Waals surface area contributed by atoms with Gasteiger partial charge >= 0.3 is 0 Å². The van der Waals surface area contributed by atoms with Crippen molar-refractivity contribution in [3.05, 3.63) is 51.7 Å². The molecule has 0 saturated heterocycles. The molecule has 0 aliphatic heterocycles. The van der Waals surface area contributed by atoms with Crippen LogP contribution in [0.5, 0.6) is 5.75 Å². The Bertz CT molecular complexity index is 685. The lowest BCUT2D eigenvalue weighted by Gasteiger charge is -2.08. The normalized spacial score (nSPS) is 10.2. The number of nitrogens with zero attached hydrogens (tertiary/aromatic N) is 1. The molecule has 1 aromatic heterocycles. The fraction of sp³-hybridized carbons (Fsp3) is 0.143. The minimum absolute atomic E-state index is 0.294. The Balaban J connectivity index is 1.90. The highest BCUT2D eigenvalue weighted by molar-refractivity contribution is 9.10. The van der Waals surface area contributed by atoms with E-state index in [-0.39, 0.29) is 6.61 Å². The second kappa shape index (κ2) is 6.78. The zero-order chi connectivity index (χ0) is 15.4. The number of nitrogens with one attached hydrogen (secondary N) is 1. The highest BCUT2D eigenvalue weighted by atomic mass is 79.9. The van der Waals surface area contributed by atoms with E-state index in [2.05, 4.69) is 21.2 Å². The summed E-state index contributed by atoms with van der Waals surface area (Å²) in [6.07, 6.45) is 1.72. The number of benzene rings is 1. The van der Waals surface area contributed by atoms with E-state index in [0.29, 0.717) is 16.5 Å². The Kier molecular flexibility index (Phi) is 5.03. The first-order chi connectivity index (χ1) is 9.97. The van der Waals surface area contributed by atoms with Gasteiger partial charge in [0.15, 0.2) is 6.61 Å². The predicted molar refractivity (Wildman–Crippen MR) is 82.5 cm³/mol. The maximum absolute atomic E-state index is 11.8. The predicted octanol–water partition coefficient (Wildman–Crippen LogP) is 2.78. The van der Waals surface area contributed by atoms with Crippen molar-refractivity contribution in [1.82, 2.24) is 9.88 Å². The molecular weight excluding hydrogens is 360 g/mol. The quantitative estimate of drug-likeness (QED) is 0.899. The number of amides is 2. The highest BCUT2D eigenvalue weighted by Crippen LogP contribution is 2.27. The SMILES string of the molecule is Cn1cccc1C(=O)NC(=O)COc1ccc(Br)cc1Cl. The fourth-order valence-corrected chi connectivity index (χ4v) is 2.39. The Morgan fingerprint density at radius 2 is 2.14 bits per heavy atom. The third-order valence-corrected chi connectivity index (χ3v) is 3.47. The summed E-state index contributed by atoms with van der Waals surface area (Å²) in [5.74, 6) is -0.639. The lowest BCUT2D eigenvalue weighted by molar-refractivity contribution is -0.122. The average molecular weight is 372 g/mol. The van der Waals surface area contributed by atoms with Crippen molar-refractivity contribution in [2.45, 2.75) is 0 Å². The van der Waals surface area contributed by atoms with Crippen LogP contribution in [0.2, 0.25) is 5.02 Å². The summed E-state index contributed by atoms with van der Waals surface area (Å²) in [6, 6.07) is 8.38. The molecule has 1 N–H and O–H groups in total. The Hall–Kier alpha value is -1.79. The van der Waals surface area contributed by atoms with Crippen LogP contribution in [0.3, 0.4) is 0 Å². The number of carbonyl (C=O) groups is 2. The summed E-state index contributed by atoms with van der Waals surface area (Å²) in [5.41, 5.74) is 0.394. The smallest absolute Gasteiger partial charge is 0.274 e.